The highest BCUT2D eigenvalue weighted by Crippen LogP contribution is 2.17. The Kier molecular flexibility index (Phi) is 3.28. The molecule has 0 saturated carbocycles. The molecule has 1 rings (SSSR count). The van der Waals surface area contributed by atoms with E-state index in [1.165, 1.54) is 12.3 Å². The molecule has 1 aromatic rings. The van der Waals surface area contributed by atoms with Crippen LogP contribution in [0.5, 0.6) is 5.88 Å². The van der Waals surface area contributed by atoms with Crippen LogP contribution in [-0.4, -0.2) is 22.7 Å². The third kappa shape index (κ3) is 2.35. The molecule has 0 radical (unpaired) electrons. The second kappa shape index (κ2) is 4.45. The van der Waals surface area contributed by atoms with Crippen LogP contribution in [0.1, 0.15) is 23.7 Å². The molecule has 1 heterocycles. The van der Waals surface area contributed by atoms with E-state index in [1.54, 1.807) is 0 Å². The molecule has 0 fully saturated rings. The number of anilines is 1. The van der Waals surface area contributed by atoms with Gasteiger partial charge in [-0.15, -0.1) is 0 Å². The van der Waals surface area contributed by atoms with Crippen LogP contribution in [0.25, 0.3) is 0 Å². The first-order valence-corrected chi connectivity index (χ1v) is 4.26. The SMILES string of the molecule is CCCOc1ncc(N)cc1C(=O)O. The summed E-state index contributed by atoms with van der Waals surface area (Å²) in [6, 6.07) is 1.33. The zero-order valence-electron chi connectivity index (χ0n) is 7.86. The van der Waals surface area contributed by atoms with Crippen LogP contribution < -0.4 is 10.5 Å². The van der Waals surface area contributed by atoms with E-state index in [-0.39, 0.29) is 11.4 Å². The van der Waals surface area contributed by atoms with Crippen molar-refractivity contribution in [1.29, 1.82) is 0 Å². The fourth-order valence-electron chi connectivity index (χ4n) is 0.935. The van der Waals surface area contributed by atoms with E-state index in [0.717, 1.165) is 6.42 Å². The molecule has 1 aromatic heterocycles. The molecule has 0 aromatic carbocycles. The molecule has 0 saturated heterocycles. The van der Waals surface area contributed by atoms with Crippen LogP contribution in [-0.2, 0) is 0 Å². The molecule has 5 heteroatoms. The summed E-state index contributed by atoms with van der Waals surface area (Å²) in [5.74, 6) is -0.968. The Morgan fingerprint density at radius 2 is 2.43 bits per heavy atom. The lowest BCUT2D eigenvalue weighted by atomic mass is 10.2. The Balaban J connectivity index is 2.96. The average molecular weight is 196 g/mol. The van der Waals surface area contributed by atoms with Crippen LogP contribution in [0.2, 0.25) is 0 Å². The van der Waals surface area contributed by atoms with Gasteiger partial charge in [-0.3, -0.25) is 0 Å². The number of nitrogens with two attached hydrogens (primary N) is 1. The lowest BCUT2D eigenvalue weighted by Gasteiger charge is -2.06. The van der Waals surface area contributed by atoms with Gasteiger partial charge in [0.25, 0.3) is 0 Å². The fraction of sp³-hybridized carbons (Fsp3) is 0.333. The van der Waals surface area contributed by atoms with Gasteiger partial charge in [0.1, 0.15) is 5.56 Å². The highest BCUT2D eigenvalue weighted by molar-refractivity contribution is 5.91. The van der Waals surface area contributed by atoms with Gasteiger partial charge >= 0.3 is 5.97 Å². The fourth-order valence-corrected chi connectivity index (χ4v) is 0.935. The van der Waals surface area contributed by atoms with Crippen molar-refractivity contribution < 1.29 is 14.6 Å². The van der Waals surface area contributed by atoms with E-state index in [1.807, 2.05) is 6.92 Å². The number of hydrogen-bond acceptors (Lipinski definition) is 4. The molecule has 3 N–H and O–H groups in total. The van der Waals surface area contributed by atoms with Crippen molar-refractivity contribution in [2.75, 3.05) is 12.3 Å². The monoisotopic (exact) mass is 196 g/mol. The number of carboxylic acid groups (broad SMARTS) is 1. The largest absolute Gasteiger partial charge is 0.477 e. The zero-order valence-corrected chi connectivity index (χ0v) is 7.86. The molecule has 0 aliphatic carbocycles. The number of carbonyl (C=O) groups is 1. The zero-order chi connectivity index (χ0) is 10.6. The topological polar surface area (TPSA) is 85.4 Å². The lowest BCUT2D eigenvalue weighted by Crippen LogP contribution is -2.06. The van der Waals surface area contributed by atoms with Gasteiger partial charge in [0.05, 0.1) is 18.5 Å². The van der Waals surface area contributed by atoms with Crippen LogP contribution in [0.15, 0.2) is 12.3 Å². The van der Waals surface area contributed by atoms with Gasteiger partial charge in [0.2, 0.25) is 5.88 Å². The summed E-state index contributed by atoms with van der Waals surface area (Å²) in [5.41, 5.74) is 5.72. The van der Waals surface area contributed by atoms with Crippen LogP contribution in [0.4, 0.5) is 5.69 Å². The summed E-state index contributed by atoms with van der Waals surface area (Å²) >= 11 is 0. The van der Waals surface area contributed by atoms with Crippen molar-refractivity contribution in [3.8, 4) is 5.88 Å². The van der Waals surface area contributed by atoms with Crippen LogP contribution >= 0.6 is 0 Å². The molecule has 0 bridgehead atoms. The van der Waals surface area contributed by atoms with E-state index >= 15 is 0 Å². The van der Waals surface area contributed by atoms with Gasteiger partial charge in [-0.1, -0.05) is 6.92 Å². The van der Waals surface area contributed by atoms with Gasteiger partial charge in [-0.25, -0.2) is 9.78 Å². The predicted molar refractivity (Wildman–Crippen MR) is 51.4 cm³/mol. The van der Waals surface area contributed by atoms with E-state index in [4.69, 9.17) is 15.6 Å². The summed E-state index contributed by atoms with van der Waals surface area (Å²) in [4.78, 5) is 14.6. The molecule has 0 aliphatic heterocycles. The summed E-state index contributed by atoms with van der Waals surface area (Å²) < 4.78 is 5.16. The Labute approximate surface area is 81.5 Å². The summed E-state index contributed by atoms with van der Waals surface area (Å²) in [5, 5.41) is 8.81. The quantitative estimate of drug-likeness (QED) is 0.754. The molecule has 14 heavy (non-hydrogen) atoms. The summed E-state index contributed by atoms with van der Waals surface area (Å²) in [6.07, 6.45) is 2.17. The molecule has 5 nitrogen and oxygen atoms in total. The highest BCUT2D eigenvalue weighted by Gasteiger charge is 2.12. The van der Waals surface area contributed by atoms with Gasteiger partial charge < -0.3 is 15.6 Å². The first-order valence-electron chi connectivity index (χ1n) is 4.26. The number of pyridine rings is 1. The van der Waals surface area contributed by atoms with Crippen LogP contribution in [0.3, 0.4) is 0 Å². The molecular weight excluding hydrogens is 184 g/mol. The van der Waals surface area contributed by atoms with Gasteiger partial charge in [0, 0.05) is 0 Å². The van der Waals surface area contributed by atoms with Gasteiger partial charge in [-0.2, -0.15) is 0 Å². The normalized spacial score (nSPS) is 9.79. The molecular formula is C9H12N2O3. The van der Waals surface area contributed by atoms with Crippen molar-refractivity contribution in [1.82, 2.24) is 4.98 Å². The summed E-state index contributed by atoms with van der Waals surface area (Å²) in [6.45, 7) is 2.37. The van der Waals surface area contributed by atoms with E-state index in [2.05, 4.69) is 4.98 Å². The number of hydrogen-bond donors (Lipinski definition) is 2. The van der Waals surface area contributed by atoms with E-state index < -0.39 is 5.97 Å². The Hall–Kier alpha value is -1.78. The third-order valence-electron chi connectivity index (χ3n) is 1.55. The molecule has 0 aliphatic rings. The van der Waals surface area contributed by atoms with Crippen LogP contribution in [0, 0.1) is 0 Å². The average Bonchev–Trinajstić information content (AvgIpc) is 2.15. The minimum atomic E-state index is -1.09. The Bertz CT molecular complexity index is 339. The number of aromatic carboxylic acids is 1. The number of nitrogen functional groups attached to an aromatic ring is 1. The maximum atomic E-state index is 10.8. The molecule has 0 atom stereocenters. The molecule has 0 spiro atoms. The number of carboxylic acids is 1. The van der Waals surface area contributed by atoms with Crippen molar-refractivity contribution in [3.63, 3.8) is 0 Å². The van der Waals surface area contributed by atoms with E-state index in [0.29, 0.717) is 12.3 Å². The smallest absolute Gasteiger partial charge is 0.341 e. The minimum Gasteiger partial charge on any atom is -0.477 e. The Morgan fingerprint density at radius 3 is 3.00 bits per heavy atom. The van der Waals surface area contributed by atoms with Crippen molar-refractivity contribution in [3.05, 3.63) is 17.8 Å². The summed E-state index contributed by atoms with van der Waals surface area (Å²) in [7, 11) is 0. The van der Waals surface area contributed by atoms with Gasteiger partial charge in [0.15, 0.2) is 0 Å². The van der Waals surface area contributed by atoms with Crippen molar-refractivity contribution >= 4 is 11.7 Å². The number of nitrogens with zero attached hydrogens (tertiary/aromatic N) is 1. The van der Waals surface area contributed by atoms with E-state index in [9.17, 15) is 4.79 Å². The minimum absolute atomic E-state index is 0.00144. The standard InChI is InChI=1S/C9H12N2O3/c1-2-3-14-8-7(9(12)13)4-6(10)5-11-8/h4-5H,2-3,10H2,1H3,(H,12,13). The molecule has 0 amide bonds. The maximum absolute atomic E-state index is 10.8. The number of rotatable bonds is 4. The highest BCUT2D eigenvalue weighted by atomic mass is 16.5. The third-order valence-corrected chi connectivity index (χ3v) is 1.55. The Morgan fingerprint density at radius 1 is 1.71 bits per heavy atom. The molecule has 76 valence electrons. The second-order valence-corrected chi connectivity index (χ2v) is 2.77. The first-order chi connectivity index (χ1) is 6.65. The second-order valence-electron chi connectivity index (χ2n) is 2.77. The van der Waals surface area contributed by atoms with Crippen molar-refractivity contribution in [2.24, 2.45) is 0 Å². The first kappa shape index (κ1) is 10.3. The van der Waals surface area contributed by atoms with Gasteiger partial charge in [-0.05, 0) is 12.5 Å². The molecule has 0 unspecified atom stereocenters. The maximum Gasteiger partial charge on any atom is 0.341 e. The predicted octanol–water partition coefficient (Wildman–Crippen LogP) is 1.15. The lowest BCUT2D eigenvalue weighted by molar-refractivity contribution is 0.0691. The number of aromatic nitrogens is 1. The van der Waals surface area contributed by atoms with Crippen molar-refractivity contribution in [2.45, 2.75) is 13.3 Å². The number of ether oxygens (including phenoxy) is 1.